The summed E-state index contributed by atoms with van der Waals surface area (Å²) in [5.41, 5.74) is -1.63. The SMILES string of the molecule is O=C(Cn1cc(C(F)(F)F)ccc1=O)NCCNc1ccccc1[N+](=O)[O-]. The number of pyridine rings is 1. The predicted molar refractivity (Wildman–Crippen MR) is 90.3 cm³/mol. The molecule has 0 atom stereocenters. The van der Waals surface area contributed by atoms with Crippen LogP contribution in [0.2, 0.25) is 0 Å². The summed E-state index contributed by atoms with van der Waals surface area (Å²) in [4.78, 5) is 33.7. The van der Waals surface area contributed by atoms with Gasteiger partial charge >= 0.3 is 6.18 Å². The maximum Gasteiger partial charge on any atom is 0.417 e. The normalized spacial score (nSPS) is 11.1. The Labute approximate surface area is 150 Å². The molecule has 8 nitrogen and oxygen atoms in total. The largest absolute Gasteiger partial charge is 0.417 e. The molecule has 1 heterocycles. The summed E-state index contributed by atoms with van der Waals surface area (Å²) in [5, 5.41) is 16.1. The fraction of sp³-hybridized carbons (Fsp3) is 0.250. The average molecular weight is 384 g/mol. The highest BCUT2D eigenvalue weighted by molar-refractivity contribution is 5.75. The fourth-order valence-corrected chi connectivity index (χ4v) is 2.21. The molecule has 11 heteroatoms. The molecule has 0 saturated carbocycles. The monoisotopic (exact) mass is 384 g/mol. The molecule has 0 aliphatic rings. The van der Waals surface area contributed by atoms with E-state index < -0.39 is 34.7 Å². The second-order valence-corrected chi connectivity index (χ2v) is 5.43. The van der Waals surface area contributed by atoms with Crippen molar-refractivity contribution in [1.29, 1.82) is 0 Å². The Morgan fingerprint density at radius 1 is 1.15 bits per heavy atom. The zero-order valence-corrected chi connectivity index (χ0v) is 13.8. The standard InChI is InChI=1S/C16H15F3N4O4/c17-16(18,19)11-5-6-15(25)22(9-11)10-14(24)21-8-7-20-12-3-1-2-4-13(12)23(26)27/h1-6,9,20H,7-8,10H2,(H,21,24). The van der Waals surface area contributed by atoms with Gasteiger partial charge in [0, 0.05) is 31.4 Å². The maximum absolute atomic E-state index is 12.7. The van der Waals surface area contributed by atoms with Crippen LogP contribution in [0.4, 0.5) is 24.5 Å². The van der Waals surface area contributed by atoms with E-state index in [1.807, 2.05) is 0 Å². The van der Waals surface area contributed by atoms with E-state index in [1.54, 1.807) is 6.07 Å². The molecule has 0 unspecified atom stereocenters. The van der Waals surface area contributed by atoms with Crippen molar-refractivity contribution in [3.63, 3.8) is 0 Å². The van der Waals surface area contributed by atoms with E-state index in [0.717, 1.165) is 6.07 Å². The predicted octanol–water partition coefficient (Wildman–Crippen LogP) is 2.00. The topological polar surface area (TPSA) is 106 Å². The molecule has 0 radical (unpaired) electrons. The molecule has 0 saturated heterocycles. The molecule has 1 amide bonds. The number of amides is 1. The highest BCUT2D eigenvalue weighted by Gasteiger charge is 2.31. The first-order valence-electron chi connectivity index (χ1n) is 7.70. The number of anilines is 1. The third-order valence-corrected chi connectivity index (χ3v) is 3.49. The quantitative estimate of drug-likeness (QED) is 0.432. The lowest BCUT2D eigenvalue weighted by molar-refractivity contribution is -0.384. The van der Waals surface area contributed by atoms with Crippen LogP contribution >= 0.6 is 0 Å². The van der Waals surface area contributed by atoms with E-state index in [0.29, 0.717) is 16.8 Å². The van der Waals surface area contributed by atoms with Gasteiger partial charge in [-0.15, -0.1) is 0 Å². The zero-order chi connectivity index (χ0) is 20.0. The summed E-state index contributed by atoms with van der Waals surface area (Å²) in [5.74, 6) is -0.666. The van der Waals surface area contributed by atoms with Crippen molar-refractivity contribution in [2.24, 2.45) is 0 Å². The summed E-state index contributed by atoms with van der Waals surface area (Å²) in [6.45, 7) is -0.374. The number of carbonyl (C=O) groups is 1. The van der Waals surface area contributed by atoms with Gasteiger partial charge in [0.1, 0.15) is 12.2 Å². The first kappa shape index (κ1) is 19.9. The van der Waals surface area contributed by atoms with Crippen molar-refractivity contribution in [2.45, 2.75) is 12.7 Å². The molecule has 0 fully saturated rings. The Morgan fingerprint density at radius 2 is 1.85 bits per heavy atom. The van der Waals surface area contributed by atoms with Crippen molar-refractivity contribution in [2.75, 3.05) is 18.4 Å². The van der Waals surface area contributed by atoms with Crippen LogP contribution in [0.1, 0.15) is 5.56 Å². The summed E-state index contributed by atoms with van der Waals surface area (Å²) < 4.78 is 38.7. The number of carbonyl (C=O) groups excluding carboxylic acids is 1. The molecule has 2 rings (SSSR count). The molecule has 0 aliphatic carbocycles. The Kier molecular flexibility index (Phi) is 6.16. The summed E-state index contributed by atoms with van der Waals surface area (Å²) in [6.07, 6.45) is -4.05. The summed E-state index contributed by atoms with van der Waals surface area (Å²) in [6, 6.07) is 7.33. The van der Waals surface area contributed by atoms with E-state index in [9.17, 15) is 32.9 Å². The van der Waals surface area contributed by atoms with Crippen molar-refractivity contribution in [3.8, 4) is 0 Å². The van der Waals surface area contributed by atoms with Crippen LogP contribution in [-0.2, 0) is 17.5 Å². The smallest absolute Gasteiger partial charge is 0.378 e. The number of nitro groups is 1. The minimum atomic E-state index is -4.62. The van der Waals surface area contributed by atoms with Crippen LogP contribution in [0.3, 0.4) is 0 Å². The Bertz CT molecular complexity index is 896. The van der Waals surface area contributed by atoms with Crippen LogP contribution in [-0.4, -0.2) is 28.5 Å². The molecule has 0 spiro atoms. The van der Waals surface area contributed by atoms with E-state index in [-0.39, 0.29) is 24.5 Å². The van der Waals surface area contributed by atoms with Gasteiger partial charge in [-0.1, -0.05) is 12.1 Å². The molecule has 27 heavy (non-hydrogen) atoms. The molecule has 2 aromatic rings. The van der Waals surface area contributed by atoms with E-state index >= 15 is 0 Å². The first-order chi connectivity index (χ1) is 12.7. The van der Waals surface area contributed by atoms with Gasteiger partial charge in [-0.05, 0) is 12.1 Å². The molecular formula is C16H15F3N4O4. The lowest BCUT2D eigenvalue weighted by atomic mass is 10.2. The molecular weight excluding hydrogens is 369 g/mol. The van der Waals surface area contributed by atoms with Crippen LogP contribution in [0, 0.1) is 10.1 Å². The highest BCUT2D eigenvalue weighted by Crippen LogP contribution is 2.28. The van der Waals surface area contributed by atoms with Crippen LogP contribution in [0.5, 0.6) is 0 Å². The number of halogens is 3. The van der Waals surface area contributed by atoms with E-state index in [4.69, 9.17) is 0 Å². The maximum atomic E-state index is 12.7. The number of nitro benzene ring substituents is 1. The Morgan fingerprint density at radius 3 is 2.52 bits per heavy atom. The number of nitrogens with one attached hydrogen (secondary N) is 2. The zero-order valence-electron chi connectivity index (χ0n) is 13.8. The van der Waals surface area contributed by atoms with Gasteiger partial charge in [-0.25, -0.2) is 0 Å². The fourth-order valence-electron chi connectivity index (χ4n) is 2.21. The molecule has 0 aliphatic heterocycles. The number of hydrogen-bond donors (Lipinski definition) is 2. The van der Waals surface area contributed by atoms with E-state index in [2.05, 4.69) is 10.6 Å². The van der Waals surface area contributed by atoms with Gasteiger partial charge in [0.2, 0.25) is 5.91 Å². The average Bonchev–Trinajstić information content (AvgIpc) is 2.60. The number of benzene rings is 1. The Balaban J connectivity index is 1.89. The summed E-state index contributed by atoms with van der Waals surface area (Å²) in [7, 11) is 0. The number of aromatic nitrogens is 1. The minimum absolute atomic E-state index is 0.0542. The first-order valence-corrected chi connectivity index (χ1v) is 7.70. The second kappa shape index (κ2) is 8.34. The van der Waals surface area contributed by atoms with Gasteiger partial charge in [-0.2, -0.15) is 13.2 Å². The molecule has 1 aromatic carbocycles. The van der Waals surface area contributed by atoms with Crippen LogP contribution < -0.4 is 16.2 Å². The van der Waals surface area contributed by atoms with Crippen LogP contribution in [0.15, 0.2) is 47.4 Å². The summed E-state index contributed by atoms with van der Waals surface area (Å²) >= 11 is 0. The van der Waals surface area contributed by atoms with Gasteiger partial charge in [-0.3, -0.25) is 19.7 Å². The minimum Gasteiger partial charge on any atom is -0.378 e. The van der Waals surface area contributed by atoms with Crippen LogP contribution in [0.25, 0.3) is 0 Å². The number of rotatable bonds is 7. The highest BCUT2D eigenvalue weighted by atomic mass is 19.4. The van der Waals surface area contributed by atoms with Gasteiger partial charge < -0.3 is 15.2 Å². The van der Waals surface area contributed by atoms with Gasteiger partial charge in [0.15, 0.2) is 0 Å². The molecule has 144 valence electrons. The number of para-hydroxylation sites is 2. The van der Waals surface area contributed by atoms with Gasteiger partial charge in [0.25, 0.3) is 11.2 Å². The lowest BCUT2D eigenvalue weighted by Crippen LogP contribution is -2.35. The number of hydrogen-bond acceptors (Lipinski definition) is 5. The third-order valence-electron chi connectivity index (χ3n) is 3.49. The third kappa shape index (κ3) is 5.56. The van der Waals surface area contributed by atoms with E-state index in [1.165, 1.54) is 18.2 Å². The van der Waals surface area contributed by atoms with Crippen molar-refractivity contribution in [3.05, 3.63) is 68.6 Å². The van der Waals surface area contributed by atoms with Crippen molar-refractivity contribution >= 4 is 17.3 Å². The van der Waals surface area contributed by atoms with Gasteiger partial charge in [0.05, 0.1) is 10.5 Å². The van der Waals surface area contributed by atoms with Crippen molar-refractivity contribution < 1.29 is 22.9 Å². The van der Waals surface area contributed by atoms with Crippen molar-refractivity contribution in [1.82, 2.24) is 9.88 Å². The second-order valence-electron chi connectivity index (χ2n) is 5.43. The molecule has 2 N–H and O–H groups in total. The lowest BCUT2D eigenvalue weighted by Gasteiger charge is -2.11. The number of nitrogens with zero attached hydrogens (tertiary/aromatic N) is 2. The molecule has 0 bridgehead atoms. The molecule has 1 aromatic heterocycles. The Hall–Kier alpha value is -3.37. The number of alkyl halides is 3.